The molecule has 4 aromatic heterocycles. The SMILES string of the molecule is O=c1[nH]c(O)c(/C=c2\cnn3c(=NC4CC4)nc(N4CCN(c5ccc(C(F)(F)F)cn5)CC4)nc23)[nH]1. The van der Waals surface area contributed by atoms with Gasteiger partial charge < -0.3 is 19.9 Å². The fraction of sp³-hybridized carbons (Fsp3) is 0.364. The zero-order valence-electron chi connectivity index (χ0n) is 19.3. The van der Waals surface area contributed by atoms with Crippen molar-refractivity contribution >= 4 is 23.5 Å². The van der Waals surface area contributed by atoms with Crippen LogP contribution in [0.25, 0.3) is 11.7 Å². The zero-order valence-corrected chi connectivity index (χ0v) is 19.3. The number of fused-ring (bicyclic) bond motifs is 1. The Morgan fingerprint density at radius 2 is 1.81 bits per heavy atom. The maximum atomic E-state index is 12.9. The number of hydrogen-bond donors (Lipinski definition) is 3. The molecular weight excluding hydrogens is 493 g/mol. The highest BCUT2D eigenvalue weighted by Gasteiger charge is 2.31. The van der Waals surface area contributed by atoms with Gasteiger partial charge in [0.25, 0.3) is 5.62 Å². The van der Waals surface area contributed by atoms with Gasteiger partial charge in [0.15, 0.2) is 5.65 Å². The van der Waals surface area contributed by atoms with Gasteiger partial charge in [0.05, 0.1) is 17.8 Å². The van der Waals surface area contributed by atoms with Crippen molar-refractivity contribution < 1.29 is 18.3 Å². The van der Waals surface area contributed by atoms with Crippen LogP contribution in [0.5, 0.6) is 5.88 Å². The van der Waals surface area contributed by atoms with Gasteiger partial charge in [0.1, 0.15) is 11.5 Å². The number of rotatable bonds is 4. The van der Waals surface area contributed by atoms with Crippen molar-refractivity contribution in [1.82, 2.24) is 34.5 Å². The molecule has 3 N–H and O–H groups in total. The topological polar surface area (TPSA) is 144 Å². The Hall–Kier alpha value is -4.43. The summed E-state index contributed by atoms with van der Waals surface area (Å²) >= 11 is 0. The predicted octanol–water partition coefficient (Wildman–Crippen LogP) is 0.198. The lowest BCUT2D eigenvalue weighted by Gasteiger charge is -2.35. The number of nitrogens with one attached hydrogen (secondary N) is 2. The minimum Gasteiger partial charge on any atom is -0.493 e. The van der Waals surface area contributed by atoms with E-state index in [-0.39, 0.29) is 17.6 Å². The Bertz CT molecular complexity index is 1630. The normalized spacial score (nSPS) is 17.8. The van der Waals surface area contributed by atoms with Crippen LogP contribution < -0.4 is 26.3 Å². The van der Waals surface area contributed by atoms with Gasteiger partial charge in [-0.25, -0.2) is 14.8 Å². The Balaban J connectivity index is 1.31. The first-order valence-electron chi connectivity index (χ1n) is 11.6. The number of pyridine rings is 1. The number of nitrogens with zero attached hydrogens (tertiary/aromatic N) is 8. The second-order valence-electron chi connectivity index (χ2n) is 8.88. The number of anilines is 2. The molecule has 192 valence electrons. The van der Waals surface area contributed by atoms with Gasteiger partial charge in [-0.1, -0.05) is 0 Å². The van der Waals surface area contributed by atoms with E-state index in [1.807, 2.05) is 9.80 Å². The number of H-pyrrole nitrogens is 2. The molecule has 0 unspecified atom stereocenters. The Kier molecular flexibility index (Phi) is 5.35. The first-order valence-corrected chi connectivity index (χ1v) is 11.6. The third-order valence-electron chi connectivity index (χ3n) is 6.21. The third-order valence-corrected chi connectivity index (χ3v) is 6.21. The summed E-state index contributed by atoms with van der Waals surface area (Å²) in [6.45, 7) is 2.05. The highest BCUT2D eigenvalue weighted by Crippen LogP contribution is 2.29. The van der Waals surface area contributed by atoms with E-state index in [9.17, 15) is 23.1 Å². The smallest absolute Gasteiger partial charge is 0.417 e. The average molecular weight is 514 g/mol. The van der Waals surface area contributed by atoms with Gasteiger partial charge in [0.2, 0.25) is 11.8 Å². The van der Waals surface area contributed by atoms with Crippen molar-refractivity contribution in [3.05, 3.63) is 57.1 Å². The molecule has 4 aromatic rings. The molecule has 0 bridgehead atoms. The van der Waals surface area contributed by atoms with Crippen LogP contribution in [0.1, 0.15) is 24.1 Å². The van der Waals surface area contributed by atoms with Crippen molar-refractivity contribution in [2.75, 3.05) is 36.0 Å². The summed E-state index contributed by atoms with van der Waals surface area (Å²) in [7, 11) is 0. The molecular formula is C22H21F3N10O2. The average Bonchev–Trinajstić information content (AvgIpc) is 3.51. The molecule has 0 spiro atoms. The van der Waals surface area contributed by atoms with Crippen molar-refractivity contribution in [2.45, 2.75) is 25.1 Å². The summed E-state index contributed by atoms with van der Waals surface area (Å²) in [4.78, 5) is 38.2. The number of alkyl halides is 3. The summed E-state index contributed by atoms with van der Waals surface area (Å²) in [6.07, 6.45) is 1.47. The minimum absolute atomic E-state index is 0.176. The van der Waals surface area contributed by atoms with Gasteiger partial charge in [-0.2, -0.15) is 32.8 Å². The summed E-state index contributed by atoms with van der Waals surface area (Å²) < 4.78 is 40.1. The molecule has 15 heteroatoms. The first kappa shape index (κ1) is 23.0. The van der Waals surface area contributed by atoms with Gasteiger partial charge >= 0.3 is 11.9 Å². The van der Waals surface area contributed by atoms with E-state index in [2.05, 4.69) is 30.0 Å². The van der Waals surface area contributed by atoms with Crippen molar-refractivity contribution in [1.29, 1.82) is 0 Å². The Labute approximate surface area is 205 Å². The predicted molar refractivity (Wildman–Crippen MR) is 125 cm³/mol. The van der Waals surface area contributed by atoms with Crippen molar-refractivity contribution in [2.24, 2.45) is 4.99 Å². The highest BCUT2D eigenvalue weighted by molar-refractivity contribution is 5.57. The standard InChI is InChI=1S/C22H21F3N10O2/c23-22(24,25)13-1-4-16(26-11-13)33-5-7-34(8-6-33)19-30-17-12(9-15-18(36)31-21(37)29-15)10-27-35(17)20(32-19)28-14-2-3-14/h1,4,9-11,14,36H,2-3,5-8H2,(H2,29,31,37)/b12-9+,28-20?. The number of hydrogen-bond acceptors (Lipinski definition) is 9. The van der Waals surface area contributed by atoms with Gasteiger partial charge in [-0.05, 0) is 31.1 Å². The van der Waals surface area contributed by atoms with E-state index in [1.165, 1.54) is 10.6 Å². The van der Waals surface area contributed by atoms with E-state index in [0.717, 1.165) is 25.1 Å². The third kappa shape index (κ3) is 4.59. The molecule has 0 radical (unpaired) electrons. The summed E-state index contributed by atoms with van der Waals surface area (Å²) in [5, 5.41) is 14.9. The molecule has 12 nitrogen and oxygen atoms in total. The quantitative estimate of drug-likeness (QED) is 0.350. The molecule has 1 aliphatic heterocycles. The summed E-state index contributed by atoms with van der Waals surface area (Å²) in [5.41, 5.74) is -0.272. The first-order chi connectivity index (χ1) is 17.7. The van der Waals surface area contributed by atoms with E-state index in [0.29, 0.717) is 54.4 Å². The number of aromatic hydroxyl groups is 1. The van der Waals surface area contributed by atoms with Gasteiger partial charge in [-0.3, -0.25) is 4.98 Å². The molecule has 1 aliphatic carbocycles. The number of aromatic nitrogens is 7. The van der Waals surface area contributed by atoms with E-state index < -0.39 is 17.4 Å². The lowest BCUT2D eigenvalue weighted by atomic mass is 10.2. The molecule has 5 heterocycles. The van der Waals surface area contributed by atoms with Crippen LogP contribution in [0.3, 0.4) is 0 Å². The van der Waals surface area contributed by atoms with Gasteiger partial charge in [-0.15, -0.1) is 0 Å². The molecule has 1 saturated heterocycles. The molecule has 0 aromatic carbocycles. The van der Waals surface area contributed by atoms with E-state index in [1.54, 1.807) is 12.3 Å². The Morgan fingerprint density at radius 1 is 1.05 bits per heavy atom. The second kappa shape index (κ2) is 8.60. The highest BCUT2D eigenvalue weighted by atomic mass is 19.4. The largest absolute Gasteiger partial charge is 0.493 e. The van der Waals surface area contributed by atoms with E-state index >= 15 is 0 Å². The van der Waals surface area contributed by atoms with E-state index in [4.69, 9.17) is 4.98 Å². The maximum Gasteiger partial charge on any atom is 0.417 e. The molecule has 6 rings (SSSR count). The van der Waals surface area contributed by atoms with Gasteiger partial charge in [0, 0.05) is 37.6 Å². The maximum absolute atomic E-state index is 12.9. The summed E-state index contributed by atoms with van der Waals surface area (Å²) in [6, 6.07) is 2.59. The minimum atomic E-state index is -4.43. The van der Waals surface area contributed by atoms with Crippen molar-refractivity contribution in [3.8, 4) is 5.88 Å². The number of aromatic amines is 2. The molecule has 1 saturated carbocycles. The van der Waals surface area contributed by atoms with Crippen LogP contribution in [-0.2, 0) is 6.18 Å². The van der Waals surface area contributed by atoms with Crippen LogP contribution in [-0.4, -0.2) is 71.9 Å². The van der Waals surface area contributed by atoms with Crippen LogP contribution >= 0.6 is 0 Å². The summed E-state index contributed by atoms with van der Waals surface area (Å²) in [5.74, 6) is 0.616. The van der Waals surface area contributed by atoms with Crippen LogP contribution in [0.2, 0.25) is 0 Å². The fourth-order valence-corrected chi connectivity index (χ4v) is 4.09. The molecule has 37 heavy (non-hydrogen) atoms. The fourth-order valence-electron chi connectivity index (χ4n) is 4.09. The van der Waals surface area contributed by atoms with Crippen LogP contribution in [0, 0.1) is 0 Å². The number of halogens is 3. The monoisotopic (exact) mass is 514 g/mol. The number of imidazole rings is 1. The lowest BCUT2D eigenvalue weighted by Crippen LogP contribution is -2.48. The van der Waals surface area contributed by atoms with Crippen LogP contribution in [0.4, 0.5) is 24.9 Å². The molecule has 2 aliphatic rings. The van der Waals surface area contributed by atoms with Crippen molar-refractivity contribution in [3.63, 3.8) is 0 Å². The van der Waals surface area contributed by atoms with Crippen LogP contribution in [0.15, 0.2) is 34.3 Å². The zero-order chi connectivity index (χ0) is 25.7. The molecule has 0 atom stereocenters. The number of piperazine rings is 1. The second-order valence-corrected chi connectivity index (χ2v) is 8.88. The Morgan fingerprint density at radius 3 is 2.43 bits per heavy atom. The molecule has 2 fully saturated rings. The molecule has 0 amide bonds. The lowest BCUT2D eigenvalue weighted by molar-refractivity contribution is -0.137.